The van der Waals surface area contributed by atoms with Crippen molar-refractivity contribution < 1.29 is 28.7 Å². The Balaban J connectivity index is 1.58. The quantitative estimate of drug-likeness (QED) is 0.226. The molecule has 0 radical (unpaired) electrons. The third-order valence-corrected chi connectivity index (χ3v) is 6.62. The fraction of sp³-hybridized carbons (Fsp3) is 0.143. The van der Waals surface area contributed by atoms with Crippen molar-refractivity contribution >= 4 is 63.8 Å². The summed E-state index contributed by atoms with van der Waals surface area (Å²) in [5.41, 5.74) is 3.17. The number of hydrogen-bond donors (Lipinski definition) is 2. The van der Waals surface area contributed by atoms with Crippen LogP contribution in [0.1, 0.15) is 16.7 Å². The number of methoxy groups -OCH3 is 1. The van der Waals surface area contributed by atoms with Gasteiger partial charge in [0.1, 0.15) is 5.57 Å². The van der Waals surface area contributed by atoms with E-state index < -0.39 is 17.8 Å². The van der Waals surface area contributed by atoms with Crippen LogP contribution in [0.15, 0.2) is 66.2 Å². The van der Waals surface area contributed by atoms with E-state index in [1.54, 1.807) is 42.5 Å². The average molecular weight is 625 g/mol. The van der Waals surface area contributed by atoms with Crippen molar-refractivity contribution in [1.29, 1.82) is 0 Å². The maximum Gasteiger partial charge on any atom is 0.335 e. The first-order chi connectivity index (χ1) is 18.2. The van der Waals surface area contributed by atoms with Gasteiger partial charge >= 0.3 is 6.03 Å². The van der Waals surface area contributed by atoms with Gasteiger partial charge in [-0.1, -0.05) is 24.3 Å². The van der Waals surface area contributed by atoms with E-state index >= 15 is 0 Å². The van der Waals surface area contributed by atoms with Crippen LogP contribution in [0.25, 0.3) is 6.08 Å². The van der Waals surface area contributed by atoms with E-state index in [1.807, 2.05) is 54.6 Å². The molecule has 1 aliphatic rings. The van der Waals surface area contributed by atoms with Gasteiger partial charge in [-0.25, -0.2) is 9.69 Å². The summed E-state index contributed by atoms with van der Waals surface area (Å²) in [6, 6.07) is 16.6. The molecule has 1 aliphatic heterocycles. The molecule has 5 amide bonds. The molecule has 9 nitrogen and oxygen atoms in total. The van der Waals surface area contributed by atoms with Crippen molar-refractivity contribution in [2.24, 2.45) is 0 Å². The molecule has 3 aromatic carbocycles. The normalized spacial score (nSPS) is 14.4. The fourth-order valence-corrected chi connectivity index (χ4v) is 4.52. The van der Waals surface area contributed by atoms with Gasteiger partial charge in [-0.05, 0) is 95.6 Å². The number of nitrogens with one attached hydrogen (secondary N) is 2. The summed E-state index contributed by atoms with van der Waals surface area (Å²) in [6.45, 7) is 3.54. The lowest BCUT2D eigenvalue weighted by Gasteiger charge is -2.27. The molecular formula is C28H24IN3O6. The van der Waals surface area contributed by atoms with Crippen LogP contribution < -0.4 is 25.0 Å². The van der Waals surface area contributed by atoms with Gasteiger partial charge in [0.15, 0.2) is 18.1 Å². The van der Waals surface area contributed by atoms with Gasteiger partial charge in [0.05, 0.1) is 16.4 Å². The number of benzene rings is 3. The molecule has 38 heavy (non-hydrogen) atoms. The first-order valence-corrected chi connectivity index (χ1v) is 12.6. The number of carbonyl (C=O) groups excluding carboxylic acids is 4. The number of ether oxygens (including phenoxy) is 2. The molecule has 1 fully saturated rings. The number of barbiturate groups is 1. The first kappa shape index (κ1) is 26.9. The Labute approximate surface area is 232 Å². The summed E-state index contributed by atoms with van der Waals surface area (Å²) in [7, 11) is 1.44. The lowest BCUT2D eigenvalue weighted by molar-refractivity contribution is -0.122. The van der Waals surface area contributed by atoms with E-state index in [-0.39, 0.29) is 18.1 Å². The highest BCUT2D eigenvalue weighted by atomic mass is 127. The molecule has 194 valence electrons. The molecule has 3 aromatic rings. The number of carbonyl (C=O) groups is 4. The first-order valence-electron chi connectivity index (χ1n) is 11.5. The SMILES string of the molecule is COc1cc(/C=C2\C(=O)NC(=O)N(c3ccc(C)c(C)c3)C2=O)cc(I)c1OCC(=O)Nc1ccccc1. The number of urea groups is 1. The van der Waals surface area contributed by atoms with Crippen LogP contribution in [-0.4, -0.2) is 37.5 Å². The third kappa shape index (κ3) is 5.86. The zero-order chi connectivity index (χ0) is 27.4. The highest BCUT2D eigenvalue weighted by molar-refractivity contribution is 14.1. The predicted octanol–water partition coefficient (Wildman–Crippen LogP) is 4.60. The molecule has 2 N–H and O–H groups in total. The summed E-state index contributed by atoms with van der Waals surface area (Å²) in [6.07, 6.45) is 1.38. The number of imide groups is 2. The van der Waals surface area contributed by atoms with Gasteiger partial charge in [0.2, 0.25) is 0 Å². The second-order valence-corrected chi connectivity index (χ2v) is 9.63. The zero-order valence-corrected chi connectivity index (χ0v) is 23.0. The smallest absolute Gasteiger partial charge is 0.335 e. The minimum absolute atomic E-state index is 0.211. The minimum Gasteiger partial charge on any atom is -0.493 e. The Bertz CT molecular complexity index is 1470. The zero-order valence-electron chi connectivity index (χ0n) is 20.8. The van der Waals surface area contributed by atoms with Gasteiger partial charge < -0.3 is 14.8 Å². The van der Waals surface area contributed by atoms with Gasteiger partial charge in [-0.2, -0.15) is 0 Å². The van der Waals surface area contributed by atoms with Crippen molar-refractivity contribution in [3.05, 3.63) is 86.5 Å². The minimum atomic E-state index is -0.815. The van der Waals surface area contributed by atoms with E-state index in [2.05, 4.69) is 10.6 Å². The lowest BCUT2D eigenvalue weighted by Crippen LogP contribution is -2.54. The standard InChI is InChI=1S/C28H24IN3O6/c1-16-9-10-20(11-17(16)2)32-27(35)21(26(34)31-28(32)36)12-18-13-22(29)25(23(14-18)37-3)38-15-24(33)30-19-7-5-4-6-8-19/h4-14H,15H2,1-3H3,(H,30,33)(H,31,34,36)/b21-12+. The molecule has 0 unspecified atom stereocenters. The molecule has 10 heteroatoms. The van der Waals surface area contributed by atoms with Crippen LogP contribution in [0.3, 0.4) is 0 Å². The number of hydrogen-bond acceptors (Lipinski definition) is 6. The van der Waals surface area contributed by atoms with E-state index in [0.29, 0.717) is 32.0 Å². The van der Waals surface area contributed by atoms with Crippen LogP contribution in [0.2, 0.25) is 0 Å². The molecular weight excluding hydrogens is 601 g/mol. The highest BCUT2D eigenvalue weighted by Crippen LogP contribution is 2.35. The molecule has 0 spiro atoms. The number of rotatable bonds is 7. The Kier molecular flexibility index (Phi) is 8.10. The highest BCUT2D eigenvalue weighted by Gasteiger charge is 2.37. The Morgan fingerprint density at radius 2 is 1.76 bits per heavy atom. The molecule has 0 bridgehead atoms. The topological polar surface area (TPSA) is 114 Å². The lowest BCUT2D eigenvalue weighted by atomic mass is 10.0. The van der Waals surface area contributed by atoms with Crippen LogP contribution in [0, 0.1) is 17.4 Å². The Morgan fingerprint density at radius 1 is 1.03 bits per heavy atom. The van der Waals surface area contributed by atoms with E-state index in [0.717, 1.165) is 16.0 Å². The van der Waals surface area contributed by atoms with Gasteiger partial charge in [0.25, 0.3) is 17.7 Å². The van der Waals surface area contributed by atoms with Crippen molar-refractivity contribution in [3.63, 3.8) is 0 Å². The van der Waals surface area contributed by atoms with Crippen molar-refractivity contribution in [2.75, 3.05) is 23.9 Å². The summed E-state index contributed by atoms with van der Waals surface area (Å²) in [4.78, 5) is 51.6. The van der Waals surface area contributed by atoms with Crippen LogP contribution in [0.4, 0.5) is 16.2 Å². The molecule has 0 aliphatic carbocycles. The largest absolute Gasteiger partial charge is 0.493 e. The molecule has 1 heterocycles. The maximum atomic E-state index is 13.3. The second kappa shape index (κ2) is 11.5. The number of nitrogens with zero attached hydrogens (tertiary/aromatic N) is 1. The summed E-state index contributed by atoms with van der Waals surface area (Å²) < 4.78 is 11.8. The predicted molar refractivity (Wildman–Crippen MR) is 151 cm³/mol. The summed E-state index contributed by atoms with van der Waals surface area (Å²) in [5.74, 6) is -1.24. The number of para-hydroxylation sites is 1. The summed E-state index contributed by atoms with van der Waals surface area (Å²) >= 11 is 2.02. The monoisotopic (exact) mass is 625 g/mol. The molecule has 0 atom stereocenters. The Morgan fingerprint density at radius 3 is 2.45 bits per heavy atom. The van der Waals surface area contributed by atoms with E-state index in [9.17, 15) is 19.2 Å². The maximum absolute atomic E-state index is 13.3. The molecule has 0 saturated carbocycles. The van der Waals surface area contributed by atoms with Crippen LogP contribution in [0.5, 0.6) is 11.5 Å². The van der Waals surface area contributed by atoms with Crippen LogP contribution in [-0.2, 0) is 14.4 Å². The number of halogens is 1. The van der Waals surface area contributed by atoms with Gasteiger partial charge in [0, 0.05) is 5.69 Å². The molecule has 1 saturated heterocycles. The van der Waals surface area contributed by atoms with Crippen molar-refractivity contribution in [2.45, 2.75) is 13.8 Å². The second-order valence-electron chi connectivity index (χ2n) is 8.46. The number of anilines is 2. The Hall–Kier alpha value is -4.19. The summed E-state index contributed by atoms with van der Waals surface area (Å²) in [5, 5.41) is 4.97. The van der Waals surface area contributed by atoms with Gasteiger partial charge in [-0.3, -0.25) is 19.7 Å². The van der Waals surface area contributed by atoms with Gasteiger partial charge in [-0.15, -0.1) is 0 Å². The van der Waals surface area contributed by atoms with Crippen molar-refractivity contribution in [1.82, 2.24) is 5.32 Å². The van der Waals surface area contributed by atoms with E-state index in [1.165, 1.54) is 13.2 Å². The average Bonchev–Trinajstić information content (AvgIpc) is 2.88. The third-order valence-electron chi connectivity index (χ3n) is 5.82. The molecule has 0 aromatic heterocycles. The fourth-order valence-electron chi connectivity index (χ4n) is 3.74. The van der Waals surface area contributed by atoms with E-state index in [4.69, 9.17) is 9.47 Å². The number of aryl methyl sites for hydroxylation is 2. The van der Waals surface area contributed by atoms with Crippen LogP contribution >= 0.6 is 22.6 Å². The van der Waals surface area contributed by atoms with Crippen molar-refractivity contribution in [3.8, 4) is 11.5 Å². The molecule has 4 rings (SSSR count). The number of amides is 5.